The topological polar surface area (TPSA) is 103 Å². The fourth-order valence-corrected chi connectivity index (χ4v) is 3.84. The van der Waals surface area contributed by atoms with Gasteiger partial charge in [0, 0.05) is 19.2 Å². The molecule has 0 radical (unpaired) electrons. The normalized spacial score (nSPS) is 23.2. The first kappa shape index (κ1) is 19.8. The van der Waals surface area contributed by atoms with Gasteiger partial charge in [-0.1, -0.05) is 18.2 Å². The van der Waals surface area contributed by atoms with Crippen LogP contribution in [0.25, 0.3) is 0 Å². The molecule has 1 fully saturated rings. The zero-order chi connectivity index (χ0) is 20.5. The van der Waals surface area contributed by atoms with Gasteiger partial charge in [-0.15, -0.1) is 0 Å². The van der Waals surface area contributed by atoms with Crippen LogP contribution < -0.4 is 25.3 Å². The Kier molecular flexibility index (Phi) is 5.33. The molecule has 2 atom stereocenters. The Bertz CT molecular complexity index is 838. The summed E-state index contributed by atoms with van der Waals surface area (Å²) >= 11 is 0. The van der Waals surface area contributed by atoms with Crippen LogP contribution in [0.3, 0.4) is 0 Å². The first-order chi connectivity index (χ1) is 13.4. The SMILES string of the molecule is COc1cc(C(=O)NC2(CN)C(=O)N(C)C3CC=CC=C32)cc(OC)c1OC. The van der Waals surface area contributed by atoms with Gasteiger partial charge < -0.3 is 30.2 Å². The van der Waals surface area contributed by atoms with Crippen molar-refractivity contribution in [1.29, 1.82) is 0 Å². The lowest BCUT2D eigenvalue weighted by atomic mass is 9.85. The second kappa shape index (κ2) is 7.55. The summed E-state index contributed by atoms with van der Waals surface area (Å²) in [6.07, 6.45) is 6.42. The molecule has 1 aromatic carbocycles. The van der Waals surface area contributed by atoms with Crippen molar-refractivity contribution in [3.63, 3.8) is 0 Å². The zero-order valence-corrected chi connectivity index (χ0v) is 16.4. The second-order valence-electron chi connectivity index (χ2n) is 6.70. The van der Waals surface area contributed by atoms with Gasteiger partial charge in [-0.05, 0) is 24.1 Å². The van der Waals surface area contributed by atoms with Crippen LogP contribution in [0.15, 0.2) is 35.9 Å². The molecule has 1 aliphatic carbocycles. The third-order valence-electron chi connectivity index (χ3n) is 5.34. The van der Waals surface area contributed by atoms with Crippen LogP contribution in [-0.2, 0) is 4.79 Å². The number of hydrogen-bond acceptors (Lipinski definition) is 6. The summed E-state index contributed by atoms with van der Waals surface area (Å²) in [5.41, 5.74) is 5.81. The van der Waals surface area contributed by atoms with Gasteiger partial charge in [-0.2, -0.15) is 0 Å². The molecular weight excluding hydrogens is 362 g/mol. The molecular formula is C20H25N3O5. The van der Waals surface area contributed by atoms with Crippen molar-refractivity contribution >= 4 is 11.8 Å². The van der Waals surface area contributed by atoms with Crippen molar-refractivity contribution in [2.45, 2.75) is 18.0 Å². The third-order valence-corrected chi connectivity index (χ3v) is 5.34. The summed E-state index contributed by atoms with van der Waals surface area (Å²) in [5, 5.41) is 2.87. The van der Waals surface area contributed by atoms with E-state index in [0.717, 1.165) is 5.57 Å². The first-order valence-electron chi connectivity index (χ1n) is 8.90. The number of carbonyl (C=O) groups is 2. The minimum Gasteiger partial charge on any atom is -0.493 e. The molecule has 2 aliphatic rings. The van der Waals surface area contributed by atoms with Crippen molar-refractivity contribution in [2.24, 2.45) is 5.73 Å². The summed E-state index contributed by atoms with van der Waals surface area (Å²) in [7, 11) is 6.15. The van der Waals surface area contributed by atoms with E-state index in [4.69, 9.17) is 19.9 Å². The number of ether oxygens (including phenoxy) is 3. The van der Waals surface area contributed by atoms with Crippen molar-refractivity contribution in [3.8, 4) is 17.2 Å². The molecule has 0 saturated carbocycles. The maximum absolute atomic E-state index is 13.1. The molecule has 28 heavy (non-hydrogen) atoms. The number of nitrogens with two attached hydrogens (primary N) is 1. The van der Waals surface area contributed by atoms with E-state index < -0.39 is 11.4 Å². The van der Waals surface area contributed by atoms with Crippen LogP contribution in [0, 0.1) is 0 Å². The number of methoxy groups -OCH3 is 3. The first-order valence-corrected chi connectivity index (χ1v) is 8.90. The lowest BCUT2D eigenvalue weighted by Crippen LogP contribution is -2.59. The number of likely N-dealkylation sites (tertiary alicyclic amines) is 1. The Hall–Kier alpha value is -3.00. The summed E-state index contributed by atoms with van der Waals surface area (Å²) < 4.78 is 15.9. The minimum absolute atomic E-state index is 0.0392. The molecule has 150 valence electrons. The Morgan fingerprint density at radius 1 is 1.25 bits per heavy atom. The highest BCUT2D eigenvalue weighted by molar-refractivity contribution is 6.03. The number of amides is 2. The maximum Gasteiger partial charge on any atom is 0.254 e. The summed E-state index contributed by atoms with van der Waals surface area (Å²) in [4.78, 5) is 27.8. The highest BCUT2D eigenvalue weighted by atomic mass is 16.5. The lowest BCUT2D eigenvalue weighted by Gasteiger charge is -2.29. The van der Waals surface area contributed by atoms with Crippen molar-refractivity contribution < 1.29 is 23.8 Å². The second-order valence-corrected chi connectivity index (χ2v) is 6.70. The Morgan fingerprint density at radius 2 is 1.89 bits per heavy atom. The highest BCUT2D eigenvalue weighted by Crippen LogP contribution is 2.39. The van der Waals surface area contributed by atoms with E-state index in [9.17, 15) is 9.59 Å². The number of nitrogens with zero attached hydrogens (tertiary/aromatic N) is 1. The van der Waals surface area contributed by atoms with Crippen LogP contribution in [0.5, 0.6) is 17.2 Å². The number of allylic oxidation sites excluding steroid dienone is 2. The molecule has 0 bridgehead atoms. The van der Waals surface area contributed by atoms with Gasteiger partial charge in [0.15, 0.2) is 17.0 Å². The van der Waals surface area contributed by atoms with E-state index in [1.807, 2.05) is 18.2 Å². The zero-order valence-electron chi connectivity index (χ0n) is 16.4. The van der Waals surface area contributed by atoms with Crippen LogP contribution in [0.2, 0.25) is 0 Å². The number of rotatable bonds is 6. The third kappa shape index (κ3) is 2.90. The Labute approximate surface area is 163 Å². The van der Waals surface area contributed by atoms with Crippen LogP contribution >= 0.6 is 0 Å². The Morgan fingerprint density at radius 3 is 2.43 bits per heavy atom. The fraction of sp³-hybridized carbons (Fsp3) is 0.400. The van der Waals surface area contributed by atoms with Crippen molar-refractivity contribution in [2.75, 3.05) is 34.9 Å². The van der Waals surface area contributed by atoms with E-state index in [2.05, 4.69) is 5.32 Å². The molecule has 1 saturated heterocycles. The molecule has 8 nitrogen and oxygen atoms in total. The predicted molar refractivity (Wildman–Crippen MR) is 104 cm³/mol. The van der Waals surface area contributed by atoms with Crippen molar-refractivity contribution in [3.05, 3.63) is 41.5 Å². The van der Waals surface area contributed by atoms with Gasteiger partial charge in [0.2, 0.25) is 5.75 Å². The smallest absolute Gasteiger partial charge is 0.254 e. The Balaban J connectivity index is 2.00. The molecule has 1 aliphatic heterocycles. The number of benzene rings is 1. The standard InChI is InChI=1S/C20H25N3O5/c1-23-14-8-6-5-7-13(14)20(11-21,19(23)25)22-18(24)12-9-15(26-2)17(28-4)16(10-12)27-3/h5-7,9-10,14H,8,11,21H2,1-4H3,(H,22,24). The monoisotopic (exact) mass is 387 g/mol. The van der Waals surface area contributed by atoms with E-state index in [1.165, 1.54) is 33.5 Å². The fourth-order valence-electron chi connectivity index (χ4n) is 3.84. The number of nitrogens with one attached hydrogen (secondary N) is 1. The molecule has 8 heteroatoms. The van der Waals surface area contributed by atoms with Gasteiger partial charge >= 0.3 is 0 Å². The molecule has 2 amide bonds. The molecule has 0 spiro atoms. The largest absolute Gasteiger partial charge is 0.493 e. The summed E-state index contributed by atoms with van der Waals surface area (Å²) in [5.74, 6) is 0.396. The average molecular weight is 387 g/mol. The van der Waals surface area contributed by atoms with Gasteiger partial charge in [0.25, 0.3) is 11.8 Å². The van der Waals surface area contributed by atoms with E-state index in [-0.39, 0.29) is 24.1 Å². The van der Waals surface area contributed by atoms with E-state index in [0.29, 0.717) is 23.7 Å². The minimum atomic E-state index is -1.28. The van der Waals surface area contributed by atoms with Gasteiger partial charge in [0.1, 0.15) is 0 Å². The molecule has 1 aromatic rings. The van der Waals surface area contributed by atoms with Crippen molar-refractivity contribution in [1.82, 2.24) is 10.2 Å². The van der Waals surface area contributed by atoms with Crippen LogP contribution in [0.4, 0.5) is 0 Å². The van der Waals surface area contributed by atoms with E-state index in [1.54, 1.807) is 11.9 Å². The van der Waals surface area contributed by atoms with Gasteiger partial charge in [0.05, 0.1) is 27.4 Å². The molecule has 1 heterocycles. The highest BCUT2D eigenvalue weighted by Gasteiger charge is 2.54. The van der Waals surface area contributed by atoms with Crippen LogP contribution in [0.1, 0.15) is 16.8 Å². The maximum atomic E-state index is 13.1. The summed E-state index contributed by atoms with van der Waals surface area (Å²) in [6.45, 7) is -0.0392. The van der Waals surface area contributed by atoms with Crippen LogP contribution in [-0.4, -0.2) is 63.2 Å². The number of likely N-dealkylation sites (N-methyl/N-ethyl adjacent to an activating group) is 1. The lowest BCUT2D eigenvalue weighted by molar-refractivity contribution is -0.132. The summed E-state index contributed by atoms with van der Waals surface area (Å²) in [6, 6.07) is 2.97. The quantitative estimate of drug-likeness (QED) is 0.751. The number of hydrogen-bond donors (Lipinski definition) is 2. The predicted octanol–water partition coefficient (Wildman–Crippen LogP) is 0.867. The number of fused-ring (bicyclic) bond motifs is 1. The molecule has 3 rings (SSSR count). The van der Waals surface area contributed by atoms with E-state index >= 15 is 0 Å². The molecule has 3 N–H and O–H groups in total. The van der Waals surface area contributed by atoms with Gasteiger partial charge in [-0.3, -0.25) is 9.59 Å². The molecule has 0 aromatic heterocycles. The van der Waals surface area contributed by atoms with Gasteiger partial charge in [-0.25, -0.2) is 0 Å². The average Bonchev–Trinajstić information content (AvgIpc) is 2.94. The molecule has 2 unspecified atom stereocenters. The number of carbonyl (C=O) groups excluding carboxylic acids is 2.